The third kappa shape index (κ3) is 10.2. The Morgan fingerprint density at radius 1 is 1.04 bits per heavy atom. The van der Waals surface area contributed by atoms with E-state index in [4.69, 9.17) is 0 Å². The molecule has 1 saturated heterocycles. The zero-order valence-corrected chi connectivity index (χ0v) is 31.0. The van der Waals surface area contributed by atoms with Gasteiger partial charge in [-0.15, -0.1) is 11.3 Å². The molecule has 3 amide bonds. The first-order valence-electron chi connectivity index (χ1n) is 16.9. The molecule has 1 aromatic heterocycles. The van der Waals surface area contributed by atoms with E-state index < -0.39 is 34.1 Å². The van der Waals surface area contributed by atoms with Crippen LogP contribution in [0.4, 0.5) is 4.79 Å². The van der Waals surface area contributed by atoms with Gasteiger partial charge in [-0.2, -0.15) is 9.21 Å². The van der Waals surface area contributed by atoms with Crippen LogP contribution in [0, 0.1) is 16.7 Å². The summed E-state index contributed by atoms with van der Waals surface area (Å²) in [5, 5.41) is 23.6. The summed E-state index contributed by atoms with van der Waals surface area (Å²) in [6.07, 6.45) is -1.05. The molecule has 2 heterocycles. The van der Waals surface area contributed by atoms with Crippen LogP contribution in [0.25, 0.3) is 0 Å². The fourth-order valence-electron chi connectivity index (χ4n) is 6.08. The van der Waals surface area contributed by atoms with Crippen LogP contribution in [0.5, 0.6) is 0 Å². The highest BCUT2D eigenvalue weighted by molar-refractivity contribution is 7.89. The fraction of sp³-hybridized carbons (Fsp3) is 0.514. The monoisotopic (exact) mass is 727 g/mol. The van der Waals surface area contributed by atoms with Crippen molar-refractivity contribution >= 4 is 33.3 Å². The number of carbonyl (C=O) groups excluding carboxylic acids is 2. The number of thiazole rings is 1. The predicted molar refractivity (Wildman–Crippen MR) is 194 cm³/mol. The average molecular weight is 728 g/mol. The molecule has 0 unspecified atom stereocenters. The van der Waals surface area contributed by atoms with E-state index in [0.29, 0.717) is 31.7 Å². The van der Waals surface area contributed by atoms with E-state index in [1.54, 1.807) is 21.9 Å². The molecule has 0 radical (unpaired) electrons. The molecule has 0 spiro atoms. The first kappa shape index (κ1) is 39.0. The van der Waals surface area contributed by atoms with E-state index in [-0.39, 0.29) is 48.8 Å². The predicted octanol–water partition coefficient (Wildman–Crippen LogP) is 3.83. The van der Waals surface area contributed by atoms with E-state index in [2.05, 4.69) is 20.8 Å². The lowest BCUT2D eigenvalue weighted by Gasteiger charge is -2.34. The summed E-state index contributed by atoms with van der Waals surface area (Å²) >= 11 is 1.53. The second-order valence-electron chi connectivity index (χ2n) is 13.4. The lowest BCUT2D eigenvalue weighted by atomic mass is 9.97. The van der Waals surface area contributed by atoms with Gasteiger partial charge in [0.1, 0.15) is 17.6 Å². The number of aliphatic hydroxyl groups excluding tert-OH is 1. The van der Waals surface area contributed by atoms with Gasteiger partial charge in [0.05, 0.1) is 29.3 Å². The van der Waals surface area contributed by atoms with Crippen LogP contribution < -0.4 is 10.6 Å². The minimum absolute atomic E-state index is 0.0246. The van der Waals surface area contributed by atoms with Gasteiger partial charge in [0.15, 0.2) is 0 Å². The maximum absolute atomic E-state index is 14.1. The summed E-state index contributed by atoms with van der Waals surface area (Å²) in [5.41, 5.74) is 2.22. The van der Waals surface area contributed by atoms with Crippen molar-refractivity contribution in [1.82, 2.24) is 29.7 Å². The maximum Gasteiger partial charge on any atom is 0.321 e. The van der Waals surface area contributed by atoms with Gasteiger partial charge in [-0.05, 0) is 48.6 Å². The van der Waals surface area contributed by atoms with Crippen LogP contribution in [0.1, 0.15) is 49.5 Å². The maximum atomic E-state index is 14.1. The van der Waals surface area contributed by atoms with Crippen molar-refractivity contribution in [3.8, 4) is 0 Å². The minimum Gasteiger partial charge on any atom is -0.390 e. The highest BCUT2D eigenvalue weighted by Crippen LogP contribution is 2.23. The van der Waals surface area contributed by atoms with Crippen LogP contribution in [0.3, 0.4) is 0 Å². The van der Waals surface area contributed by atoms with Gasteiger partial charge in [-0.25, -0.2) is 18.2 Å². The number of hydrogen-bond acceptors (Lipinski definition) is 10. The molecule has 1 aliphatic heterocycles. The molecule has 15 heteroatoms. The number of carbonyl (C=O) groups is 2. The van der Waals surface area contributed by atoms with Crippen molar-refractivity contribution in [2.45, 2.75) is 76.8 Å². The number of aromatic nitrogens is 1. The van der Waals surface area contributed by atoms with Gasteiger partial charge in [0.25, 0.3) is 0 Å². The van der Waals surface area contributed by atoms with Crippen molar-refractivity contribution in [3.63, 3.8) is 0 Å². The summed E-state index contributed by atoms with van der Waals surface area (Å²) in [6.45, 7) is 9.09. The third-order valence-corrected chi connectivity index (χ3v) is 11.2. The molecule has 3 aromatic rings. The number of nitrogens with one attached hydrogen (secondary N) is 2. The minimum atomic E-state index is -4.06. The number of rotatable bonds is 19. The van der Waals surface area contributed by atoms with Crippen molar-refractivity contribution in [3.05, 3.63) is 86.7 Å². The number of aliphatic hydroxyl groups is 1. The number of urea groups is 1. The van der Waals surface area contributed by atoms with E-state index in [9.17, 15) is 28.0 Å². The lowest BCUT2D eigenvalue weighted by Crippen LogP contribution is -2.57. The normalized spacial score (nSPS) is 15.6. The van der Waals surface area contributed by atoms with Crippen LogP contribution in [-0.4, -0.2) is 96.0 Å². The van der Waals surface area contributed by atoms with Gasteiger partial charge in [0.2, 0.25) is 15.9 Å². The molecule has 0 bridgehead atoms. The highest BCUT2D eigenvalue weighted by Gasteiger charge is 2.40. The molecule has 3 N–H and O–H groups in total. The molecular formula is C35H49N7O6S2. The Bertz CT molecular complexity index is 1670. The number of benzene rings is 2. The smallest absolute Gasteiger partial charge is 0.321 e. The standard InChI is InChI=1S/C35H49N7O6S2/c1-24(2)20-41(50(47,48)29-13-11-27(12-14-29)18-37-46)22-31(43)30(17-26-9-7-6-8-10-26)39-34(44)33(25(3)4)42-16-15-40(35(42)45)21-28-23-49-32(38-28)19-36-5/h6-14,23-25,30-31,33,36,43H,15-22H2,1-5H3,(H,39,44)/t30-,31+,33-/m0/s1. The van der Waals surface area contributed by atoms with E-state index in [0.717, 1.165) is 16.3 Å². The first-order valence-corrected chi connectivity index (χ1v) is 19.2. The number of amides is 3. The fourth-order valence-corrected chi connectivity index (χ4v) is 8.50. The lowest BCUT2D eigenvalue weighted by molar-refractivity contribution is -0.128. The van der Waals surface area contributed by atoms with Crippen LogP contribution in [-0.2, 0) is 40.9 Å². The van der Waals surface area contributed by atoms with Crippen molar-refractivity contribution in [1.29, 1.82) is 0 Å². The van der Waals surface area contributed by atoms with Gasteiger partial charge in [-0.3, -0.25) is 4.79 Å². The van der Waals surface area contributed by atoms with Gasteiger partial charge in [-0.1, -0.05) is 75.3 Å². The third-order valence-electron chi connectivity index (χ3n) is 8.50. The van der Waals surface area contributed by atoms with Gasteiger partial charge < -0.3 is 25.5 Å². The molecule has 1 aliphatic rings. The number of sulfonamides is 1. The van der Waals surface area contributed by atoms with Gasteiger partial charge in [0, 0.05) is 38.1 Å². The quantitative estimate of drug-likeness (QED) is 0.157. The molecule has 0 saturated carbocycles. The van der Waals surface area contributed by atoms with Crippen molar-refractivity contribution in [2.24, 2.45) is 17.0 Å². The van der Waals surface area contributed by atoms with E-state index >= 15 is 0 Å². The topological polar surface area (TPSA) is 165 Å². The highest BCUT2D eigenvalue weighted by atomic mass is 32.2. The Kier molecular flexibility index (Phi) is 14.0. The molecule has 4 rings (SSSR count). The molecule has 13 nitrogen and oxygen atoms in total. The zero-order chi connectivity index (χ0) is 36.4. The zero-order valence-electron chi connectivity index (χ0n) is 29.4. The summed E-state index contributed by atoms with van der Waals surface area (Å²) in [7, 11) is -2.21. The molecule has 2 aromatic carbocycles. The first-order chi connectivity index (χ1) is 23.8. The SMILES string of the molecule is CNCc1nc(CN2CCN([C@H](C(=O)N[C@@H](Cc3ccccc3)[C@H](O)CN(CC(C)C)S(=O)(=O)c3ccc(CN=O)cc3)C(C)C)C2=O)cs1. The Balaban J connectivity index is 1.55. The molecular weight excluding hydrogens is 679 g/mol. The molecule has 3 atom stereocenters. The van der Waals surface area contributed by atoms with Gasteiger partial charge >= 0.3 is 6.03 Å². The molecule has 272 valence electrons. The summed E-state index contributed by atoms with van der Waals surface area (Å²) in [4.78, 5) is 46.3. The van der Waals surface area contributed by atoms with E-state index in [1.807, 2.05) is 70.5 Å². The van der Waals surface area contributed by atoms with Crippen LogP contribution >= 0.6 is 11.3 Å². The van der Waals surface area contributed by atoms with Crippen LogP contribution in [0.2, 0.25) is 0 Å². The van der Waals surface area contributed by atoms with Crippen molar-refractivity contribution in [2.75, 3.05) is 33.2 Å². The van der Waals surface area contributed by atoms with Crippen LogP contribution in [0.15, 0.2) is 70.0 Å². The molecule has 1 fully saturated rings. The van der Waals surface area contributed by atoms with Crippen molar-refractivity contribution < 1.29 is 23.1 Å². The number of hydrogen-bond donors (Lipinski definition) is 3. The average Bonchev–Trinajstić information content (AvgIpc) is 3.67. The largest absolute Gasteiger partial charge is 0.390 e. The summed E-state index contributed by atoms with van der Waals surface area (Å²) in [6, 6.07) is 13.4. The summed E-state index contributed by atoms with van der Waals surface area (Å²) < 4.78 is 29.0. The Morgan fingerprint density at radius 2 is 1.74 bits per heavy atom. The Hall–Kier alpha value is -3.76. The van der Waals surface area contributed by atoms with E-state index in [1.165, 1.54) is 27.8 Å². The second kappa shape index (κ2) is 17.9. The molecule has 0 aliphatic carbocycles. The number of nitroso groups, excluding NO2 is 1. The Labute approximate surface area is 299 Å². The summed E-state index contributed by atoms with van der Waals surface area (Å²) in [5.74, 6) is -0.728. The second-order valence-corrected chi connectivity index (χ2v) is 16.2. The molecule has 50 heavy (non-hydrogen) atoms. The number of nitrogens with zero attached hydrogens (tertiary/aromatic N) is 5. The Morgan fingerprint density at radius 3 is 2.36 bits per heavy atom.